The molecule has 0 saturated heterocycles. The molecule has 1 aromatic carbocycles. The molecule has 1 aliphatic rings. The van der Waals surface area contributed by atoms with E-state index in [4.69, 9.17) is 21.7 Å². The van der Waals surface area contributed by atoms with Crippen LogP contribution >= 0.6 is 23.6 Å². The second-order valence-corrected chi connectivity index (χ2v) is 7.60. The maximum Gasteiger partial charge on any atom is 0.338 e. The second-order valence-electron chi connectivity index (χ2n) is 6.24. The van der Waals surface area contributed by atoms with E-state index in [0.717, 1.165) is 10.4 Å². The van der Waals surface area contributed by atoms with E-state index in [9.17, 15) is 9.18 Å². The minimum atomic E-state index is -0.410. The number of hydrogen-bond donors (Lipinski definition) is 1. The third-order valence-corrected chi connectivity index (χ3v) is 5.69. The topological polar surface area (TPSA) is 50.8 Å². The van der Waals surface area contributed by atoms with Gasteiger partial charge in [-0.3, -0.25) is 0 Å². The first-order valence-corrected chi connectivity index (χ1v) is 10.0. The molecule has 3 rings (SSSR count). The van der Waals surface area contributed by atoms with E-state index in [1.807, 2.05) is 29.3 Å². The number of allylic oxidation sites excluding steroid dienone is 1. The molecule has 0 fully saturated rings. The maximum atomic E-state index is 13.2. The van der Waals surface area contributed by atoms with Gasteiger partial charge in [-0.05, 0) is 48.3 Å². The Balaban J connectivity index is 1.93. The summed E-state index contributed by atoms with van der Waals surface area (Å²) in [6.07, 6.45) is 0. The van der Waals surface area contributed by atoms with E-state index >= 15 is 0 Å². The van der Waals surface area contributed by atoms with Gasteiger partial charge in [-0.2, -0.15) is 0 Å². The van der Waals surface area contributed by atoms with Crippen LogP contribution in [0.15, 0.2) is 53.0 Å². The lowest BCUT2D eigenvalue weighted by atomic mass is 10.0. The Bertz CT molecular complexity index is 866. The molecule has 8 heteroatoms. The molecule has 28 heavy (non-hydrogen) atoms. The van der Waals surface area contributed by atoms with E-state index in [0.29, 0.717) is 29.5 Å². The third kappa shape index (κ3) is 4.57. The van der Waals surface area contributed by atoms with Gasteiger partial charge >= 0.3 is 5.97 Å². The van der Waals surface area contributed by atoms with Crippen LogP contribution in [-0.2, 0) is 20.8 Å². The largest absolute Gasteiger partial charge is 0.460 e. The first kappa shape index (κ1) is 20.4. The molecule has 2 heterocycles. The summed E-state index contributed by atoms with van der Waals surface area (Å²) in [6, 6.07) is 9.73. The number of thiophene rings is 1. The Morgan fingerprint density at radius 1 is 1.29 bits per heavy atom. The van der Waals surface area contributed by atoms with E-state index in [1.165, 1.54) is 12.1 Å². The highest BCUT2D eigenvalue weighted by Crippen LogP contribution is 2.34. The fourth-order valence-electron chi connectivity index (χ4n) is 2.97. The number of methoxy groups -OCH3 is 1. The van der Waals surface area contributed by atoms with Crippen LogP contribution in [0.4, 0.5) is 4.39 Å². The van der Waals surface area contributed by atoms with Crippen LogP contribution in [0.1, 0.15) is 23.4 Å². The van der Waals surface area contributed by atoms with Crippen LogP contribution in [0.5, 0.6) is 0 Å². The molecule has 2 aromatic rings. The van der Waals surface area contributed by atoms with Crippen molar-refractivity contribution in [2.45, 2.75) is 19.5 Å². The van der Waals surface area contributed by atoms with Gasteiger partial charge in [0.15, 0.2) is 5.11 Å². The van der Waals surface area contributed by atoms with Gasteiger partial charge in [-0.15, -0.1) is 11.3 Å². The normalized spacial score (nSPS) is 16.9. The lowest BCUT2D eigenvalue weighted by molar-refractivity contribution is -0.140. The summed E-state index contributed by atoms with van der Waals surface area (Å²) in [4.78, 5) is 15.7. The Hall–Kier alpha value is -2.29. The van der Waals surface area contributed by atoms with Gasteiger partial charge in [-0.25, -0.2) is 9.18 Å². The maximum absolute atomic E-state index is 13.2. The molecule has 0 unspecified atom stereocenters. The zero-order valence-electron chi connectivity index (χ0n) is 15.6. The molecular weight excluding hydrogens is 399 g/mol. The zero-order chi connectivity index (χ0) is 20.1. The summed E-state index contributed by atoms with van der Waals surface area (Å²) in [5, 5.41) is 5.72. The van der Waals surface area contributed by atoms with Crippen molar-refractivity contribution in [1.82, 2.24) is 10.2 Å². The number of halogens is 1. The number of benzene rings is 1. The number of carbonyl (C=O) groups is 1. The lowest BCUT2D eigenvalue weighted by Crippen LogP contribution is -2.47. The van der Waals surface area contributed by atoms with E-state index in [2.05, 4.69) is 5.32 Å². The Labute approximate surface area is 172 Å². The smallest absolute Gasteiger partial charge is 0.338 e. The van der Waals surface area contributed by atoms with Gasteiger partial charge < -0.3 is 19.7 Å². The fourth-order valence-corrected chi connectivity index (χ4v) is 4.08. The Morgan fingerprint density at radius 2 is 2.04 bits per heavy atom. The van der Waals surface area contributed by atoms with E-state index < -0.39 is 5.97 Å². The molecule has 0 spiro atoms. The quantitative estimate of drug-likeness (QED) is 0.418. The first-order chi connectivity index (χ1) is 13.5. The number of thiocarbonyl (C=S) groups is 1. The molecule has 0 aliphatic carbocycles. The Morgan fingerprint density at radius 3 is 2.68 bits per heavy atom. The van der Waals surface area contributed by atoms with Crippen LogP contribution in [0.3, 0.4) is 0 Å². The van der Waals surface area contributed by atoms with Gasteiger partial charge in [0.05, 0.1) is 18.2 Å². The van der Waals surface area contributed by atoms with Crippen molar-refractivity contribution >= 4 is 34.6 Å². The minimum Gasteiger partial charge on any atom is -0.460 e. The summed E-state index contributed by atoms with van der Waals surface area (Å²) in [5.41, 5.74) is 2.11. The SMILES string of the molecule is COCCOC(=O)C1=C(C)N(Cc2ccc(F)cc2)C(=S)N[C@@H]1c1cccs1. The van der Waals surface area contributed by atoms with Gasteiger partial charge in [0.2, 0.25) is 0 Å². The standard InChI is InChI=1S/C20H21FN2O3S2/c1-13-17(19(24)26-10-9-25-2)18(16-4-3-11-28-16)22-20(27)23(13)12-14-5-7-15(21)8-6-14/h3-8,11,18H,9-10,12H2,1-2H3,(H,22,27)/t18-/m1/s1. The number of nitrogens with zero attached hydrogens (tertiary/aromatic N) is 1. The van der Waals surface area contributed by atoms with Crippen molar-refractivity contribution in [1.29, 1.82) is 0 Å². The predicted molar refractivity (Wildman–Crippen MR) is 110 cm³/mol. The number of carbonyl (C=O) groups excluding carboxylic acids is 1. The molecule has 1 aliphatic heterocycles. The van der Waals surface area contributed by atoms with Gasteiger partial charge in [0, 0.05) is 24.2 Å². The Kier molecular flexibility index (Phi) is 6.77. The van der Waals surface area contributed by atoms with Crippen LogP contribution in [-0.4, -0.2) is 36.3 Å². The molecule has 148 valence electrons. The summed E-state index contributed by atoms with van der Waals surface area (Å²) in [6.45, 7) is 2.77. The van der Waals surface area contributed by atoms with Crippen molar-refractivity contribution < 1.29 is 18.7 Å². The second kappa shape index (κ2) is 9.27. The summed E-state index contributed by atoms with van der Waals surface area (Å²) in [7, 11) is 1.55. The summed E-state index contributed by atoms with van der Waals surface area (Å²) in [5.74, 6) is -0.706. The highest BCUT2D eigenvalue weighted by Gasteiger charge is 2.35. The zero-order valence-corrected chi connectivity index (χ0v) is 17.2. The van der Waals surface area contributed by atoms with Crippen LogP contribution < -0.4 is 5.32 Å². The molecule has 1 N–H and O–H groups in total. The number of hydrogen-bond acceptors (Lipinski definition) is 5. The molecule has 0 saturated carbocycles. The monoisotopic (exact) mass is 420 g/mol. The summed E-state index contributed by atoms with van der Waals surface area (Å²) < 4.78 is 23.6. The van der Waals surface area contributed by atoms with Crippen LogP contribution in [0.25, 0.3) is 0 Å². The number of rotatable bonds is 7. The van der Waals surface area contributed by atoms with Crippen LogP contribution in [0.2, 0.25) is 0 Å². The van der Waals surface area contributed by atoms with E-state index in [-0.39, 0.29) is 18.5 Å². The first-order valence-electron chi connectivity index (χ1n) is 8.74. The summed E-state index contributed by atoms with van der Waals surface area (Å²) >= 11 is 7.11. The van der Waals surface area contributed by atoms with Crippen molar-refractivity contribution in [3.63, 3.8) is 0 Å². The molecule has 0 radical (unpaired) electrons. The third-order valence-electron chi connectivity index (χ3n) is 4.42. The number of esters is 1. The van der Waals surface area contributed by atoms with Crippen molar-refractivity contribution in [2.75, 3.05) is 20.3 Å². The van der Waals surface area contributed by atoms with Gasteiger partial charge in [0.1, 0.15) is 12.4 Å². The predicted octanol–water partition coefficient (Wildman–Crippen LogP) is 3.78. The van der Waals surface area contributed by atoms with Crippen molar-refractivity contribution in [3.05, 3.63) is 69.3 Å². The molecule has 0 amide bonds. The number of nitrogens with one attached hydrogen (secondary N) is 1. The van der Waals surface area contributed by atoms with Crippen molar-refractivity contribution in [2.24, 2.45) is 0 Å². The molecule has 1 aromatic heterocycles. The molecule has 5 nitrogen and oxygen atoms in total. The average Bonchev–Trinajstić information content (AvgIpc) is 3.21. The van der Waals surface area contributed by atoms with Gasteiger partial charge in [0.25, 0.3) is 0 Å². The average molecular weight is 421 g/mol. The molecule has 0 bridgehead atoms. The molecule has 1 atom stereocenters. The molecular formula is C20H21FN2O3S2. The van der Waals surface area contributed by atoms with E-state index in [1.54, 1.807) is 30.6 Å². The lowest BCUT2D eigenvalue weighted by Gasteiger charge is -2.37. The van der Waals surface area contributed by atoms with Gasteiger partial charge in [-0.1, -0.05) is 18.2 Å². The highest BCUT2D eigenvalue weighted by atomic mass is 32.1. The van der Waals surface area contributed by atoms with Crippen LogP contribution in [0, 0.1) is 5.82 Å². The van der Waals surface area contributed by atoms with Crippen molar-refractivity contribution in [3.8, 4) is 0 Å². The highest BCUT2D eigenvalue weighted by molar-refractivity contribution is 7.80. The minimum absolute atomic E-state index is 0.172. The number of ether oxygens (including phenoxy) is 2. The fraction of sp³-hybridized carbons (Fsp3) is 0.300.